The number of aliphatic hydroxyl groups is 2. The molecule has 98 valence electrons. The highest BCUT2D eigenvalue weighted by Crippen LogP contribution is 1.98. The number of ether oxygens (including phenoxy) is 1. The van der Waals surface area contributed by atoms with Crippen LogP contribution in [-0.4, -0.2) is 35.4 Å². The lowest BCUT2D eigenvalue weighted by Crippen LogP contribution is -2.08. The summed E-state index contributed by atoms with van der Waals surface area (Å²) in [6.45, 7) is 5.35. The molecule has 0 aromatic rings. The van der Waals surface area contributed by atoms with Crippen molar-refractivity contribution in [3.63, 3.8) is 0 Å². The van der Waals surface area contributed by atoms with Crippen LogP contribution >= 0.6 is 0 Å². The van der Waals surface area contributed by atoms with Crippen molar-refractivity contribution in [1.29, 1.82) is 0 Å². The molecule has 0 aromatic carbocycles. The van der Waals surface area contributed by atoms with Gasteiger partial charge in [0.15, 0.2) is 6.29 Å². The Morgan fingerprint density at radius 3 is 2.41 bits per heavy atom. The Bertz CT molecular complexity index is 273. The maximum Gasteiger partial charge on any atom is 0.404 e. The lowest BCUT2D eigenvalue weighted by molar-refractivity contribution is -0.0434. The van der Waals surface area contributed by atoms with Gasteiger partial charge in [0, 0.05) is 18.3 Å². The molecule has 0 bridgehead atoms. The summed E-state index contributed by atoms with van der Waals surface area (Å²) in [5.74, 6) is 0. The van der Waals surface area contributed by atoms with E-state index < -0.39 is 12.4 Å². The Balaban J connectivity index is 0. The van der Waals surface area contributed by atoms with Gasteiger partial charge in [-0.3, -0.25) is 4.99 Å². The van der Waals surface area contributed by atoms with Crippen LogP contribution in [0, 0.1) is 0 Å². The fourth-order valence-corrected chi connectivity index (χ4v) is 0.778. The normalized spacial score (nSPS) is 11.0. The first-order valence-corrected chi connectivity index (χ1v) is 4.97. The Hall–Kier alpha value is -1.66. The zero-order valence-corrected chi connectivity index (χ0v) is 10.2. The molecule has 0 aliphatic heterocycles. The van der Waals surface area contributed by atoms with E-state index >= 15 is 0 Å². The third kappa shape index (κ3) is 17.0. The zero-order valence-electron chi connectivity index (χ0n) is 10.2. The second-order valence-electron chi connectivity index (χ2n) is 2.85. The van der Waals surface area contributed by atoms with Crippen LogP contribution in [0.25, 0.3) is 0 Å². The van der Waals surface area contributed by atoms with Crippen LogP contribution in [0.4, 0.5) is 4.79 Å². The van der Waals surface area contributed by atoms with Crippen LogP contribution in [0.1, 0.15) is 19.8 Å². The first-order valence-electron chi connectivity index (χ1n) is 4.97. The van der Waals surface area contributed by atoms with E-state index in [0.29, 0.717) is 12.8 Å². The van der Waals surface area contributed by atoms with Gasteiger partial charge in [-0.05, 0) is 19.4 Å². The summed E-state index contributed by atoms with van der Waals surface area (Å²) in [5, 5.41) is 17.2. The summed E-state index contributed by atoms with van der Waals surface area (Å²) in [4.78, 5) is 13.3. The molecule has 0 saturated carbocycles. The van der Waals surface area contributed by atoms with Crippen LogP contribution in [0.15, 0.2) is 29.9 Å². The van der Waals surface area contributed by atoms with Gasteiger partial charge >= 0.3 is 6.09 Å². The Morgan fingerprint density at radius 1 is 1.59 bits per heavy atom. The maximum absolute atomic E-state index is 9.37. The minimum atomic E-state index is -1.26. The van der Waals surface area contributed by atoms with E-state index in [1.807, 2.05) is 19.1 Å². The molecule has 0 aromatic heterocycles. The molecule has 0 unspecified atom stereocenters. The molecule has 0 aliphatic rings. The molecular formula is C11H20N2O4. The molecule has 6 nitrogen and oxygen atoms in total. The third-order valence-electron chi connectivity index (χ3n) is 1.48. The monoisotopic (exact) mass is 244 g/mol. The summed E-state index contributed by atoms with van der Waals surface area (Å²) in [6, 6.07) is 0. The standard InChI is InChI=1S/C9H15NO2.C2H5NO2/c1-3-5-8(10-4-2)6-7-9(11)12;1-5-2(3)4/h3-5,9,11-12H,2,6-7H2,1H3;1H3,(H2,3,4)/b5-3-,10-8?;. The number of methoxy groups -OCH3 is 1. The molecule has 6 heteroatoms. The number of rotatable bonds is 5. The van der Waals surface area contributed by atoms with E-state index in [2.05, 4.69) is 22.0 Å². The number of amides is 1. The Labute approximate surface area is 101 Å². The van der Waals surface area contributed by atoms with Gasteiger partial charge in [0.1, 0.15) is 0 Å². The number of carbonyl (C=O) groups is 1. The Morgan fingerprint density at radius 2 is 2.12 bits per heavy atom. The van der Waals surface area contributed by atoms with Crippen LogP contribution < -0.4 is 5.73 Å². The van der Waals surface area contributed by atoms with Crippen molar-refractivity contribution in [1.82, 2.24) is 0 Å². The molecule has 0 aliphatic carbocycles. The number of primary amides is 1. The van der Waals surface area contributed by atoms with E-state index in [4.69, 9.17) is 10.2 Å². The van der Waals surface area contributed by atoms with Crippen molar-refractivity contribution in [2.24, 2.45) is 10.7 Å². The van der Waals surface area contributed by atoms with Gasteiger partial charge in [0.05, 0.1) is 7.11 Å². The fraction of sp³-hybridized carbons (Fsp3) is 0.455. The first-order chi connectivity index (χ1) is 7.97. The predicted molar refractivity (Wildman–Crippen MR) is 66.5 cm³/mol. The van der Waals surface area contributed by atoms with Gasteiger partial charge in [0.2, 0.25) is 0 Å². The van der Waals surface area contributed by atoms with Crippen LogP contribution in [0.2, 0.25) is 0 Å². The SMILES string of the molecule is C=CN=C(/C=C\C)CCC(O)O.COC(N)=O. The second-order valence-corrected chi connectivity index (χ2v) is 2.85. The van der Waals surface area contributed by atoms with Crippen LogP contribution in [0.3, 0.4) is 0 Å². The van der Waals surface area contributed by atoms with Crippen molar-refractivity contribution in [3.8, 4) is 0 Å². The van der Waals surface area contributed by atoms with Crippen molar-refractivity contribution in [3.05, 3.63) is 24.9 Å². The average Bonchev–Trinajstić information content (AvgIpc) is 2.27. The first kappa shape index (κ1) is 17.7. The number of aliphatic hydroxyl groups excluding tert-OH is 1. The summed E-state index contributed by atoms with van der Waals surface area (Å²) in [5.41, 5.74) is 5.24. The molecule has 4 N–H and O–H groups in total. The van der Waals surface area contributed by atoms with E-state index in [1.54, 1.807) is 0 Å². The molecule has 0 radical (unpaired) electrons. The lowest BCUT2D eigenvalue weighted by atomic mass is 10.2. The minimum absolute atomic E-state index is 0.303. The molecule has 0 atom stereocenters. The topological polar surface area (TPSA) is 105 Å². The molecule has 0 rings (SSSR count). The molecular weight excluding hydrogens is 224 g/mol. The fourth-order valence-electron chi connectivity index (χ4n) is 0.778. The third-order valence-corrected chi connectivity index (χ3v) is 1.48. The Kier molecular flexibility index (Phi) is 12.9. The summed E-state index contributed by atoms with van der Waals surface area (Å²) >= 11 is 0. The van der Waals surface area contributed by atoms with Gasteiger partial charge in [-0.2, -0.15) is 0 Å². The summed E-state index contributed by atoms with van der Waals surface area (Å²) < 4.78 is 3.89. The number of allylic oxidation sites excluding steroid dienone is 2. The highest BCUT2D eigenvalue weighted by atomic mass is 16.5. The average molecular weight is 244 g/mol. The highest BCUT2D eigenvalue weighted by molar-refractivity contribution is 5.95. The largest absolute Gasteiger partial charge is 0.453 e. The second kappa shape index (κ2) is 12.4. The summed E-state index contributed by atoms with van der Waals surface area (Å²) in [7, 11) is 1.22. The van der Waals surface area contributed by atoms with Gasteiger partial charge in [0.25, 0.3) is 0 Å². The van der Waals surface area contributed by atoms with Crippen molar-refractivity contribution in [2.75, 3.05) is 7.11 Å². The highest BCUT2D eigenvalue weighted by Gasteiger charge is 1.99. The van der Waals surface area contributed by atoms with E-state index in [0.717, 1.165) is 5.71 Å². The van der Waals surface area contributed by atoms with Gasteiger partial charge in [-0.25, -0.2) is 4.79 Å². The van der Waals surface area contributed by atoms with Gasteiger partial charge in [-0.1, -0.05) is 12.7 Å². The number of hydrogen-bond donors (Lipinski definition) is 3. The van der Waals surface area contributed by atoms with E-state index in [-0.39, 0.29) is 0 Å². The van der Waals surface area contributed by atoms with Crippen molar-refractivity contribution >= 4 is 11.8 Å². The molecule has 0 heterocycles. The lowest BCUT2D eigenvalue weighted by Gasteiger charge is -2.02. The maximum atomic E-state index is 9.37. The smallest absolute Gasteiger partial charge is 0.404 e. The molecule has 1 amide bonds. The van der Waals surface area contributed by atoms with Crippen molar-refractivity contribution in [2.45, 2.75) is 26.1 Å². The van der Waals surface area contributed by atoms with E-state index in [9.17, 15) is 4.79 Å². The van der Waals surface area contributed by atoms with Crippen LogP contribution in [-0.2, 0) is 4.74 Å². The quantitative estimate of drug-likeness (QED) is 0.494. The number of hydrogen-bond acceptors (Lipinski definition) is 5. The zero-order chi connectivity index (χ0) is 13.7. The molecule has 0 saturated heterocycles. The van der Waals surface area contributed by atoms with Gasteiger partial charge < -0.3 is 20.7 Å². The van der Waals surface area contributed by atoms with E-state index in [1.165, 1.54) is 13.3 Å². The predicted octanol–water partition coefficient (Wildman–Crippen LogP) is 0.949. The number of nitrogens with two attached hydrogens (primary N) is 1. The van der Waals surface area contributed by atoms with Crippen molar-refractivity contribution < 1.29 is 19.7 Å². The molecule has 0 spiro atoms. The summed E-state index contributed by atoms with van der Waals surface area (Å²) in [6.07, 6.45) is 3.97. The van der Waals surface area contributed by atoms with Gasteiger partial charge in [-0.15, -0.1) is 0 Å². The number of nitrogens with zero attached hydrogens (tertiary/aromatic N) is 1. The molecule has 17 heavy (non-hydrogen) atoms. The van der Waals surface area contributed by atoms with Crippen LogP contribution in [0.5, 0.6) is 0 Å². The minimum Gasteiger partial charge on any atom is -0.453 e. The molecule has 0 fully saturated rings. The number of aliphatic imine (C=N–C) groups is 1. The number of carbonyl (C=O) groups excluding carboxylic acids is 1.